The van der Waals surface area contributed by atoms with Crippen molar-refractivity contribution in [2.45, 2.75) is 50.6 Å². The molecule has 2 aromatic carbocycles. The average Bonchev–Trinajstić information content (AvgIpc) is 3.56. The third-order valence-corrected chi connectivity index (χ3v) is 8.44. The summed E-state index contributed by atoms with van der Waals surface area (Å²) in [7, 11) is 0. The van der Waals surface area contributed by atoms with Crippen molar-refractivity contribution >= 4 is 6.09 Å². The maximum absolute atomic E-state index is 13.8. The van der Waals surface area contributed by atoms with E-state index in [1.54, 1.807) is 12.1 Å². The van der Waals surface area contributed by atoms with Crippen LogP contribution in [0.15, 0.2) is 42.5 Å². The number of piperidine rings is 3. The van der Waals surface area contributed by atoms with E-state index in [-0.39, 0.29) is 23.3 Å². The van der Waals surface area contributed by atoms with E-state index in [0.29, 0.717) is 5.92 Å². The molecule has 0 aromatic heterocycles. The summed E-state index contributed by atoms with van der Waals surface area (Å²) in [6.07, 6.45) is 5.71. The van der Waals surface area contributed by atoms with Gasteiger partial charge in [-0.25, -0.2) is 9.18 Å². The van der Waals surface area contributed by atoms with Gasteiger partial charge in [-0.1, -0.05) is 30.3 Å². The van der Waals surface area contributed by atoms with Gasteiger partial charge in [-0.15, -0.1) is 0 Å². The van der Waals surface area contributed by atoms with Gasteiger partial charge in [0.25, 0.3) is 0 Å². The van der Waals surface area contributed by atoms with Gasteiger partial charge in [-0.05, 0) is 97.3 Å². The smallest absolute Gasteiger partial charge is 0.408 e. The molecule has 1 spiro atoms. The van der Waals surface area contributed by atoms with Crippen LogP contribution in [0.4, 0.5) is 9.18 Å². The van der Waals surface area contributed by atoms with E-state index in [1.165, 1.54) is 17.2 Å². The lowest BCUT2D eigenvalue weighted by Gasteiger charge is -2.52. The van der Waals surface area contributed by atoms with Crippen LogP contribution in [0.25, 0.3) is 11.1 Å². The highest BCUT2D eigenvalue weighted by Gasteiger charge is 2.57. The maximum Gasteiger partial charge on any atom is 0.408 e. The third-order valence-electron chi connectivity index (χ3n) is 8.44. The molecule has 1 N–H and O–H groups in total. The third kappa shape index (κ3) is 3.16. The van der Waals surface area contributed by atoms with Crippen LogP contribution in [0.1, 0.15) is 49.3 Å². The molecule has 162 valence electrons. The monoisotopic (exact) mass is 420 g/mol. The van der Waals surface area contributed by atoms with Gasteiger partial charge in [0.05, 0.1) is 12.1 Å². The summed E-state index contributed by atoms with van der Waals surface area (Å²) in [5, 5.41) is 10.4. The second kappa shape index (κ2) is 7.06. The van der Waals surface area contributed by atoms with Crippen molar-refractivity contribution in [3.8, 4) is 11.1 Å². The molecule has 3 heterocycles. The van der Waals surface area contributed by atoms with Crippen molar-refractivity contribution < 1.29 is 14.3 Å². The van der Waals surface area contributed by atoms with Crippen molar-refractivity contribution in [2.75, 3.05) is 19.6 Å². The molecular formula is C26H29FN2O2. The molecule has 2 aliphatic carbocycles. The van der Waals surface area contributed by atoms with Gasteiger partial charge in [0.1, 0.15) is 5.82 Å². The van der Waals surface area contributed by atoms with Gasteiger partial charge >= 0.3 is 6.09 Å². The Balaban J connectivity index is 1.41. The Morgan fingerprint density at radius 3 is 2.48 bits per heavy atom. The van der Waals surface area contributed by atoms with Gasteiger partial charge in [0.2, 0.25) is 0 Å². The lowest BCUT2D eigenvalue weighted by atomic mass is 9.73. The fourth-order valence-electron chi connectivity index (χ4n) is 6.61. The Morgan fingerprint density at radius 2 is 1.84 bits per heavy atom. The lowest BCUT2D eigenvalue weighted by molar-refractivity contribution is -0.0243. The van der Waals surface area contributed by atoms with Crippen LogP contribution in [0.2, 0.25) is 0 Å². The molecule has 4 nitrogen and oxygen atoms in total. The summed E-state index contributed by atoms with van der Waals surface area (Å²) in [4.78, 5) is 17.0. The molecule has 0 radical (unpaired) electrons. The Morgan fingerprint density at radius 1 is 1.06 bits per heavy atom. The molecular weight excluding hydrogens is 391 g/mol. The number of amides is 1. The molecule has 1 unspecified atom stereocenters. The molecule has 5 heteroatoms. The SMILES string of the molecule is O=C(O)N(C1CN2CCC1CC2)[C@@H]1c2ccc(-c3cccc(F)c3)cc2CCC12CC2. The molecule has 1 amide bonds. The van der Waals surface area contributed by atoms with Crippen LogP contribution in [0, 0.1) is 17.2 Å². The zero-order chi connectivity index (χ0) is 21.2. The number of aryl methyl sites for hydroxylation is 1. The van der Waals surface area contributed by atoms with Crippen molar-refractivity contribution in [1.82, 2.24) is 9.80 Å². The quantitative estimate of drug-likeness (QED) is 0.729. The topological polar surface area (TPSA) is 43.8 Å². The van der Waals surface area contributed by atoms with Gasteiger partial charge in [-0.2, -0.15) is 0 Å². The molecule has 1 saturated carbocycles. The van der Waals surface area contributed by atoms with Crippen molar-refractivity contribution in [2.24, 2.45) is 11.3 Å². The molecule has 2 aromatic rings. The van der Waals surface area contributed by atoms with E-state index in [1.807, 2.05) is 11.0 Å². The van der Waals surface area contributed by atoms with Crippen molar-refractivity contribution in [1.29, 1.82) is 0 Å². The molecule has 4 fully saturated rings. The highest BCUT2D eigenvalue weighted by atomic mass is 19.1. The van der Waals surface area contributed by atoms with E-state index in [9.17, 15) is 14.3 Å². The second-order valence-electron chi connectivity index (χ2n) is 10.1. The fraction of sp³-hybridized carbons (Fsp3) is 0.500. The standard InChI is InChI=1S/C26H29FN2O2/c27-21-3-1-2-18(15-21)19-4-5-22-20(14-19)6-9-26(10-11-26)24(22)29(25(30)31)23-16-28-12-7-17(23)8-13-28/h1-5,14-15,17,23-24H,6-13,16H2,(H,30,31)/t23?,24-/m1/s1. The van der Waals surface area contributed by atoms with E-state index in [0.717, 1.165) is 69.3 Å². The largest absolute Gasteiger partial charge is 0.465 e. The number of nitrogens with zero attached hydrogens (tertiary/aromatic N) is 2. The maximum atomic E-state index is 13.8. The first-order chi connectivity index (χ1) is 15.0. The first-order valence-electron chi connectivity index (χ1n) is 11.7. The van der Waals surface area contributed by atoms with Crippen LogP contribution in [-0.2, 0) is 6.42 Å². The summed E-state index contributed by atoms with van der Waals surface area (Å²) in [6.45, 7) is 3.09. The predicted octanol–water partition coefficient (Wildman–Crippen LogP) is 5.33. The summed E-state index contributed by atoms with van der Waals surface area (Å²) in [6, 6.07) is 13.1. The van der Waals surface area contributed by atoms with Crippen LogP contribution in [0.3, 0.4) is 0 Å². The van der Waals surface area contributed by atoms with Gasteiger partial charge in [0, 0.05) is 6.54 Å². The summed E-state index contributed by atoms with van der Waals surface area (Å²) < 4.78 is 13.8. The van der Waals surface area contributed by atoms with Gasteiger partial charge < -0.3 is 10.0 Å². The van der Waals surface area contributed by atoms with E-state index in [2.05, 4.69) is 23.1 Å². The number of carboxylic acid groups (broad SMARTS) is 1. The number of fused-ring (bicyclic) bond motifs is 4. The van der Waals surface area contributed by atoms with E-state index < -0.39 is 6.09 Å². The van der Waals surface area contributed by atoms with Crippen LogP contribution >= 0.6 is 0 Å². The zero-order valence-corrected chi connectivity index (χ0v) is 17.8. The van der Waals surface area contributed by atoms with Gasteiger partial charge in [-0.3, -0.25) is 4.90 Å². The minimum atomic E-state index is -0.767. The number of hydrogen-bond donors (Lipinski definition) is 1. The summed E-state index contributed by atoms with van der Waals surface area (Å²) >= 11 is 0. The molecule has 2 bridgehead atoms. The predicted molar refractivity (Wildman–Crippen MR) is 117 cm³/mol. The number of rotatable bonds is 3. The molecule has 5 aliphatic rings. The lowest BCUT2D eigenvalue weighted by Crippen LogP contribution is -2.60. The molecule has 2 atom stereocenters. The number of carbonyl (C=O) groups is 1. The first kappa shape index (κ1) is 19.3. The minimum absolute atomic E-state index is 0.0548. The minimum Gasteiger partial charge on any atom is -0.465 e. The summed E-state index contributed by atoms with van der Waals surface area (Å²) in [5.74, 6) is 0.248. The Kier molecular flexibility index (Phi) is 4.39. The molecule has 3 saturated heterocycles. The number of halogens is 1. The second-order valence-corrected chi connectivity index (χ2v) is 10.1. The fourth-order valence-corrected chi connectivity index (χ4v) is 6.61. The highest BCUT2D eigenvalue weighted by molar-refractivity contribution is 5.69. The van der Waals surface area contributed by atoms with Crippen molar-refractivity contribution in [3.63, 3.8) is 0 Å². The average molecular weight is 421 g/mol. The normalized spacial score (nSPS) is 30.1. The van der Waals surface area contributed by atoms with Gasteiger partial charge in [0.15, 0.2) is 0 Å². The number of benzene rings is 2. The zero-order valence-electron chi connectivity index (χ0n) is 17.8. The summed E-state index contributed by atoms with van der Waals surface area (Å²) in [5.41, 5.74) is 4.41. The van der Waals surface area contributed by atoms with E-state index in [4.69, 9.17) is 0 Å². The van der Waals surface area contributed by atoms with Crippen LogP contribution < -0.4 is 0 Å². The Labute approximate surface area is 182 Å². The van der Waals surface area contributed by atoms with Crippen molar-refractivity contribution in [3.05, 3.63) is 59.4 Å². The van der Waals surface area contributed by atoms with Crippen LogP contribution in [-0.4, -0.2) is 46.7 Å². The van der Waals surface area contributed by atoms with Crippen LogP contribution in [0.5, 0.6) is 0 Å². The molecule has 3 aliphatic heterocycles. The van der Waals surface area contributed by atoms with E-state index >= 15 is 0 Å². The first-order valence-corrected chi connectivity index (χ1v) is 11.7. The number of hydrogen-bond acceptors (Lipinski definition) is 2. The highest BCUT2D eigenvalue weighted by Crippen LogP contribution is 2.63. The molecule has 31 heavy (non-hydrogen) atoms. The molecule has 7 rings (SSSR count). The Bertz CT molecular complexity index is 1030. The Hall–Kier alpha value is -2.40.